The van der Waals surface area contributed by atoms with E-state index in [4.69, 9.17) is 21.1 Å². The van der Waals surface area contributed by atoms with Crippen molar-refractivity contribution in [3.63, 3.8) is 0 Å². The van der Waals surface area contributed by atoms with Gasteiger partial charge in [-0.3, -0.25) is 9.69 Å². The van der Waals surface area contributed by atoms with Crippen molar-refractivity contribution in [2.75, 3.05) is 32.1 Å². The van der Waals surface area contributed by atoms with E-state index >= 15 is 0 Å². The summed E-state index contributed by atoms with van der Waals surface area (Å²) in [6.45, 7) is 5.75. The van der Waals surface area contributed by atoms with Crippen molar-refractivity contribution in [1.29, 1.82) is 0 Å². The zero-order valence-corrected chi connectivity index (χ0v) is 18.5. The van der Waals surface area contributed by atoms with Gasteiger partial charge >= 0.3 is 0 Å². The summed E-state index contributed by atoms with van der Waals surface area (Å²) < 4.78 is 12.3. The van der Waals surface area contributed by atoms with Gasteiger partial charge in [0.25, 0.3) is 0 Å². The van der Waals surface area contributed by atoms with Gasteiger partial charge in [0.05, 0.1) is 31.5 Å². The molecule has 2 atom stereocenters. The Morgan fingerprint density at radius 2 is 2.18 bits per heavy atom. The van der Waals surface area contributed by atoms with Crippen LogP contribution in [0.3, 0.4) is 0 Å². The van der Waals surface area contributed by atoms with Gasteiger partial charge in [-0.25, -0.2) is 0 Å². The molecule has 0 spiro atoms. The van der Waals surface area contributed by atoms with Crippen LogP contribution in [0, 0.1) is 6.92 Å². The average molecular weight is 468 g/mol. The predicted octanol–water partition coefficient (Wildman–Crippen LogP) is 4.82. The molecule has 150 valence electrons. The lowest BCUT2D eigenvalue weighted by atomic mass is 10.1. The van der Waals surface area contributed by atoms with Gasteiger partial charge in [0.15, 0.2) is 0 Å². The summed E-state index contributed by atoms with van der Waals surface area (Å²) in [4.78, 5) is 15.0. The Labute approximate surface area is 179 Å². The molecule has 2 aromatic rings. The summed E-state index contributed by atoms with van der Waals surface area (Å²) in [6.07, 6.45) is -0.0613. The highest BCUT2D eigenvalue weighted by Crippen LogP contribution is 2.31. The number of morpholine rings is 1. The van der Waals surface area contributed by atoms with E-state index in [0.29, 0.717) is 36.2 Å². The Balaban J connectivity index is 1.70. The van der Waals surface area contributed by atoms with Gasteiger partial charge in [0.1, 0.15) is 5.75 Å². The number of carbonyl (C=O) groups is 1. The number of rotatable bonds is 5. The molecule has 2 unspecified atom stereocenters. The first-order chi connectivity index (χ1) is 13.4. The summed E-state index contributed by atoms with van der Waals surface area (Å²) >= 11 is 9.66. The van der Waals surface area contributed by atoms with Crippen LogP contribution in [0.5, 0.6) is 5.75 Å². The van der Waals surface area contributed by atoms with E-state index in [0.717, 1.165) is 15.6 Å². The Kier molecular flexibility index (Phi) is 6.99. The molecule has 2 aromatic carbocycles. The lowest BCUT2D eigenvalue weighted by molar-refractivity contribution is -0.124. The first-order valence-electron chi connectivity index (χ1n) is 9.15. The van der Waals surface area contributed by atoms with Crippen molar-refractivity contribution in [1.82, 2.24) is 4.90 Å². The molecule has 0 aromatic heterocycles. The molecule has 1 saturated heterocycles. The summed E-state index contributed by atoms with van der Waals surface area (Å²) in [5, 5.41) is 3.58. The van der Waals surface area contributed by atoms with Gasteiger partial charge in [-0.1, -0.05) is 39.7 Å². The van der Waals surface area contributed by atoms with Gasteiger partial charge in [-0.05, 0) is 43.2 Å². The fraction of sp³-hybridized carbons (Fsp3) is 0.381. The first-order valence-corrected chi connectivity index (χ1v) is 10.3. The quantitative estimate of drug-likeness (QED) is 0.685. The number of methoxy groups -OCH3 is 1. The largest absolute Gasteiger partial charge is 0.495 e. The van der Waals surface area contributed by atoms with Crippen LogP contribution in [0.2, 0.25) is 5.02 Å². The molecule has 1 amide bonds. The zero-order valence-electron chi connectivity index (χ0n) is 16.2. The van der Waals surface area contributed by atoms with Gasteiger partial charge in [0, 0.05) is 28.7 Å². The van der Waals surface area contributed by atoms with E-state index < -0.39 is 0 Å². The van der Waals surface area contributed by atoms with Crippen molar-refractivity contribution in [2.45, 2.75) is 26.0 Å². The maximum Gasteiger partial charge on any atom is 0.241 e. The smallest absolute Gasteiger partial charge is 0.241 e. The molecule has 0 radical (unpaired) electrons. The Bertz CT molecular complexity index is 862. The second-order valence-electron chi connectivity index (χ2n) is 6.88. The maximum absolute atomic E-state index is 12.9. The summed E-state index contributed by atoms with van der Waals surface area (Å²) in [5.74, 6) is 0.458. The second kappa shape index (κ2) is 9.27. The number of ether oxygens (including phenoxy) is 2. The molecule has 1 N–H and O–H groups in total. The Morgan fingerprint density at radius 3 is 2.89 bits per heavy atom. The Hall–Kier alpha value is -1.60. The molecule has 1 heterocycles. The third-order valence-corrected chi connectivity index (χ3v) is 5.88. The number of anilines is 1. The highest BCUT2D eigenvalue weighted by atomic mass is 79.9. The minimum atomic E-state index is -0.306. The van der Waals surface area contributed by atoms with Crippen molar-refractivity contribution in [3.05, 3.63) is 57.0 Å². The van der Waals surface area contributed by atoms with E-state index in [2.05, 4.69) is 32.2 Å². The number of hydrogen-bond acceptors (Lipinski definition) is 4. The number of carbonyl (C=O) groups excluding carboxylic acids is 1. The van der Waals surface area contributed by atoms with E-state index in [1.807, 2.05) is 38.1 Å². The summed E-state index contributed by atoms with van der Waals surface area (Å²) in [6, 6.07) is 11.3. The number of nitrogens with one attached hydrogen (secondary N) is 1. The van der Waals surface area contributed by atoms with Gasteiger partial charge in [0.2, 0.25) is 5.91 Å². The van der Waals surface area contributed by atoms with E-state index in [1.165, 1.54) is 0 Å². The van der Waals surface area contributed by atoms with Crippen LogP contribution in [-0.2, 0) is 9.53 Å². The molecule has 5 nitrogen and oxygen atoms in total. The van der Waals surface area contributed by atoms with Crippen LogP contribution in [0.25, 0.3) is 0 Å². The maximum atomic E-state index is 12.9. The summed E-state index contributed by atoms with van der Waals surface area (Å²) in [7, 11) is 1.56. The van der Waals surface area contributed by atoms with Crippen molar-refractivity contribution >= 4 is 39.1 Å². The third-order valence-electron chi connectivity index (χ3n) is 4.98. The fourth-order valence-corrected chi connectivity index (χ4v) is 3.83. The minimum Gasteiger partial charge on any atom is -0.495 e. The number of aryl methyl sites for hydroxylation is 1. The molecule has 7 heteroatoms. The monoisotopic (exact) mass is 466 g/mol. The highest BCUT2D eigenvalue weighted by Gasteiger charge is 2.29. The lowest BCUT2D eigenvalue weighted by Gasteiger charge is -2.36. The van der Waals surface area contributed by atoms with E-state index in [9.17, 15) is 4.79 Å². The third kappa shape index (κ3) is 4.87. The number of halogens is 2. The highest BCUT2D eigenvalue weighted by molar-refractivity contribution is 9.10. The number of hydrogen-bond donors (Lipinski definition) is 1. The average Bonchev–Trinajstić information content (AvgIpc) is 2.70. The molecule has 1 fully saturated rings. The van der Waals surface area contributed by atoms with Gasteiger partial charge in [-0.15, -0.1) is 0 Å². The molecule has 1 aliphatic rings. The van der Waals surface area contributed by atoms with Crippen LogP contribution in [0.1, 0.15) is 24.2 Å². The molecule has 3 rings (SSSR count). The van der Waals surface area contributed by atoms with E-state index in [-0.39, 0.29) is 18.1 Å². The van der Waals surface area contributed by atoms with Crippen LogP contribution >= 0.6 is 27.5 Å². The first kappa shape index (κ1) is 21.1. The zero-order chi connectivity index (χ0) is 20.3. The van der Waals surface area contributed by atoms with Crippen molar-refractivity contribution < 1.29 is 14.3 Å². The van der Waals surface area contributed by atoms with Crippen molar-refractivity contribution in [2.24, 2.45) is 0 Å². The number of nitrogens with zero attached hydrogens (tertiary/aromatic N) is 1. The Morgan fingerprint density at radius 1 is 1.39 bits per heavy atom. The molecular weight excluding hydrogens is 444 g/mol. The van der Waals surface area contributed by atoms with Crippen LogP contribution in [0.15, 0.2) is 40.9 Å². The molecule has 0 bridgehead atoms. The van der Waals surface area contributed by atoms with Crippen LogP contribution in [0.4, 0.5) is 5.69 Å². The number of benzene rings is 2. The predicted molar refractivity (Wildman–Crippen MR) is 115 cm³/mol. The van der Waals surface area contributed by atoms with Gasteiger partial charge < -0.3 is 14.8 Å². The SMILES string of the molecule is COc1cc(Cl)c(C)cc1NC(=O)C(C)N1CCOC(c2cccc(Br)c2)C1. The second-order valence-corrected chi connectivity index (χ2v) is 8.20. The van der Waals surface area contributed by atoms with Crippen LogP contribution < -0.4 is 10.1 Å². The molecular formula is C21H24BrClN2O3. The van der Waals surface area contributed by atoms with Crippen molar-refractivity contribution in [3.8, 4) is 5.75 Å². The fourth-order valence-electron chi connectivity index (χ4n) is 3.26. The molecule has 28 heavy (non-hydrogen) atoms. The number of amides is 1. The van der Waals surface area contributed by atoms with E-state index in [1.54, 1.807) is 13.2 Å². The molecule has 0 aliphatic carbocycles. The molecule has 1 aliphatic heterocycles. The van der Waals surface area contributed by atoms with Crippen LogP contribution in [-0.4, -0.2) is 43.7 Å². The summed E-state index contributed by atoms with van der Waals surface area (Å²) in [5.41, 5.74) is 2.60. The van der Waals surface area contributed by atoms with Gasteiger partial charge in [-0.2, -0.15) is 0 Å². The minimum absolute atomic E-state index is 0.0613. The molecule has 0 saturated carbocycles. The lowest BCUT2D eigenvalue weighted by Crippen LogP contribution is -2.48. The standard InChI is InChI=1S/C21H24BrClN2O3/c1-13-9-18(19(27-3)11-17(13)23)24-21(26)14(2)25-7-8-28-20(12-25)15-5-4-6-16(22)10-15/h4-6,9-11,14,20H,7-8,12H2,1-3H3,(H,24,26). The normalized spacial score (nSPS) is 18.5. The topological polar surface area (TPSA) is 50.8 Å².